The van der Waals surface area contributed by atoms with Crippen LogP contribution in [0.2, 0.25) is 19.6 Å². The van der Waals surface area contributed by atoms with Crippen LogP contribution < -0.4 is 0 Å². The molecule has 0 bridgehead atoms. The van der Waals surface area contributed by atoms with Crippen LogP contribution in [0.15, 0.2) is 0 Å². The largest absolute Gasteiger partial charge is 0.444 e. The molecule has 0 aliphatic carbocycles. The second-order valence-corrected chi connectivity index (χ2v) is 12.2. The van der Waals surface area contributed by atoms with Crippen LogP contribution in [0.4, 0.5) is 4.79 Å². The van der Waals surface area contributed by atoms with Crippen molar-refractivity contribution < 1.29 is 60.2 Å². The van der Waals surface area contributed by atoms with Gasteiger partial charge in [-0.05, 0) is 20.8 Å². The summed E-state index contributed by atoms with van der Waals surface area (Å²) in [5.41, 5.74) is 1.79. The molecular formula is C21H27CoNO9Si. The molecule has 1 N–H and O–H groups in total. The van der Waals surface area contributed by atoms with E-state index in [2.05, 4.69) is 71.8 Å². The van der Waals surface area contributed by atoms with Crippen molar-refractivity contribution in [1.82, 2.24) is 4.90 Å². The SMILES string of the molecule is CC(C)(C)OC(=O)N1CCC(O)(C#C[Si](C)(C)C)CC1.[C]=O.[C]=O.[C]=O.[C]=O.[C]=O.[C]=O.[Co]. The van der Waals surface area contributed by atoms with Crippen LogP contribution in [0, 0.1) is 11.5 Å². The molecule has 0 aromatic rings. The van der Waals surface area contributed by atoms with Crippen molar-refractivity contribution in [3.63, 3.8) is 0 Å². The first-order chi connectivity index (χ1) is 14.9. The maximum atomic E-state index is 11.9. The fourth-order valence-electron chi connectivity index (χ4n) is 1.81. The minimum atomic E-state index is -1.49. The maximum absolute atomic E-state index is 11.9. The van der Waals surface area contributed by atoms with Crippen LogP contribution in [-0.4, -0.2) is 89.2 Å². The molecule has 0 saturated carbocycles. The smallest absolute Gasteiger partial charge is 0.410 e. The number of hydrogen-bond acceptors (Lipinski definition) is 9. The first kappa shape index (κ1) is 48.1. The Kier molecular flexibility index (Phi) is 43.0. The van der Waals surface area contributed by atoms with Gasteiger partial charge >= 0.3 is 6.09 Å². The fraction of sp³-hybridized carbons (Fsp3) is 0.571. The van der Waals surface area contributed by atoms with E-state index in [0.717, 1.165) is 0 Å². The molecule has 1 aliphatic rings. The second kappa shape index (κ2) is 29.5. The zero-order valence-electron chi connectivity index (χ0n) is 19.3. The summed E-state index contributed by atoms with van der Waals surface area (Å²) in [5.74, 6) is 3.03. The van der Waals surface area contributed by atoms with Gasteiger partial charge in [0, 0.05) is 42.7 Å². The molecule has 13 radical (unpaired) electrons. The van der Waals surface area contributed by atoms with E-state index in [9.17, 15) is 9.90 Å². The van der Waals surface area contributed by atoms with E-state index in [4.69, 9.17) is 33.5 Å². The van der Waals surface area contributed by atoms with Crippen molar-refractivity contribution in [1.29, 1.82) is 0 Å². The third-order valence-corrected chi connectivity index (χ3v) is 3.79. The number of piperidine rings is 1. The van der Waals surface area contributed by atoms with Gasteiger partial charge in [-0.2, -0.15) is 0 Å². The molecular weight excluding hydrogens is 497 g/mol. The summed E-state index contributed by atoms with van der Waals surface area (Å²) in [7, 11) is -1.49. The minimum absolute atomic E-state index is 0. The molecule has 1 aliphatic heterocycles. The molecule has 183 valence electrons. The summed E-state index contributed by atoms with van der Waals surface area (Å²) in [4.78, 5) is 58.6. The van der Waals surface area contributed by atoms with Gasteiger partial charge < -0.3 is 14.7 Å². The van der Waals surface area contributed by atoms with Crippen molar-refractivity contribution in [3.05, 3.63) is 0 Å². The van der Waals surface area contributed by atoms with E-state index in [0.29, 0.717) is 25.9 Å². The molecule has 0 aromatic heterocycles. The number of hydrogen-bond donors (Lipinski definition) is 1. The van der Waals surface area contributed by atoms with Gasteiger partial charge in [-0.15, -0.1) is 5.54 Å². The molecule has 1 amide bonds. The molecule has 0 aromatic carbocycles. The summed E-state index contributed by atoms with van der Waals surface area (Å²) < 4.78 is 5.34. The quantitative estimate of drug-likeness (QED) is 0.347. The van der Waals surface area contributed by atoms with E-state index >= 15 is 0 Å². The Labute approximate surface area is 209 Å². The number of amides is 1. The summed E-state index contributed by atoms with van der Waals surface area (Å²) in [6.45, 7) is 40.0. The van der Waals surface area contributed by atoms with E-state index in [1.807, 2.05) is 20.8 Å². The van der Waals surface area contributed by atoms with Crippen LogP contribution in [-0.2, 0) is 50.3 Å². The van der Waals surface area contributed by atoms with Crippen LogP contribution in [0.1, 0.15) is 33.6 Å². The first-order valence-corrected chi connectivity index (χ1v) is 11.9. The van der Waals surface area contributed by atoms with Gasteiger partial charge in [-0.25, -0.2) is 4.79 Å². The average Bonchev–Trinajstić information content (AvgIpc) is 2.80. The third-order valence-electron chi connectivity index (χ3n) is 2.91. The summed E-state index contributed by atoms with van der Waals surface area (Å²) >= 11 is 0. The number of carbonyl (C=O) groups is 1. The van der Waals surface area contributed by atoms with E-state index in [1.54, 1.807) is 4.90 Å². The molecule has 12 heteroatoms. The van der Waals surface area contributed by atoms with Crippen LogP contribution >= 0.6 is 0 Å². The van der Waals surface area contributed by atoms with Gasteiger partial charge in [-0.3, -0.25) is 28.8 Å². The molecule has 1 fully saturated rings. The molecule has 0 atom stereocenters. The molecule has 1 heterocycles. The van der Waals surface area contributed by atoms with E-state index in [-0.39, 0.29) is 22.9 Å². The van der Waals surface area contributed by atoms with Gasteiger partial charge in [0.25, 0.3) is 40.7 Å². The zero-order chi connectivity index (χ0) is 27.6. The van der Waals surface area contributed by atoms with Gasteiger partial charge in [-0.1, -0.05) is 25.6 Å². The number of aliphatic hydroxyl groups is 1. The Balaban J connectivity index is -0.0000000901. The predicted octanol–water partition coefficient (Wildman–Crippen LogP) is 0.244. The zero-order valence-corrected chi connectivity index (χ0v) is 21.4. The van der Waals surface area contributed by atoms with Gasteiger partial charge in [0.2, 0.25) is 0 Å². The molecule has 0 unspecified atom stereocenters. The third kappa shape index (κ3) is 34.3. The van der Waals surface area contributed by atoms with Gasteiger partial charge in [0.15, 0.2) is 0 Å². The first-order valence-electron chi connectivity index (χ1n) is 8.37. The van der Waals surface area contributed by atoms with E-state index < -0.39 is 19.3 Å². The van der Waals surface area contributed by atoms with Crippen molar-refractivity contribution in [2.75, 3.05) is 13.1 Å². The summed E-state index contributed by atoms with van der Waals surface area (Å²) in [5, 5.41) is 10.4. The van der Waals surface area contributed by atoms with Crippen molar-refractivity contribution in [2.45, 2.75) is 64.5 Å². The molecule has 10 nitrogen and oxygen atoms in total. The Hall–Kier alpha value is -2.47. The second-order valence-electron chi connectivity index (χ2n) is 7.50. The summed E-state index contributed by atoms with van der Waals surface area (Å²) in [6.07, 6.45) is 0.672. The Morgan fingerprint density at radius 1 is 0.848 bits per heavy atom. The van der Waals surface area contributed by atoms with Crippen molar-refractivity contribution in [3.8, 4) is 11.5 Å². The fourth-order valence-corrected chi connectivity index (χ4v) is 2.42. The predicted molar refractivity (Wildman–Crippen MR) is 117 cm³/mol. The Bertz CT molecular complexity index is 505. The standard InChI is InChI=1S/C15H27NO3Si.6CO.Co/c1-14(2,3)19-13(17)16-10-7-15(18,8-11-16)9-12-20(4,5)6;6*1-2;/h18H,7-8,10-11H2,1-6H3;;;;;;;. The summed E-state index contributed by atoms with van der Waals surface area (Å²) in [6, 6.07) is 0. The number of carbonyl (C=O) groups excluding carboxylic acids is 7. The van der Waals surface area contributed by atoms with Crippen molar-refractivity contribution >= 4 is 54.9 Å². The Morgan fingerprint density at radius 2 is 1.15 bits per heavy atom. The minimum Gasteiger partial charge on any atom is -0.444 e. The van der Waals surface area contributed by atoms with Gasteiger partial charge in [0.05, 0.1) is 0 Å². The van der Waals surface area contributed by atoms with Crippen LogP contribution in [0.3, 0.4) is 0 Å². The number of ether oxygens (including phenoxy) is 1. The van der Waals surface area contributed by atoms with Crippen LogP contribution in [0.25, 0.3) is 0 Å². The number of rotatable bonds is 0. The van der Waals surface area contributed by atoms with E-state index in [1.165, 1.54) is 0 Å². The molecule has 1 saturated heterocycles. The number of nitrogens with zero attached hydrogens (tertiary/aromatic N) is 1. The number of likely N-dealkylation sites (tertiary alicyclic amines) is 1. The van der Waals surface area contributed by atoms with Crippen molar-refractivity contribution in [2.24, 2.45) is 0 Å². The molecule has 0 spiro atoms. The topological polar surface area (TPSA) is 152 Å². The molecule has 1 rings (SSSR count). The normalized spacial score (nSPS) is 12.3. The van der Waals surface area contributed by atoms with Crippen LogP contribution in [0.5, 0.6) is 0 Å². The van der Waals surface area contributed by atoms with Gasteiger partial charge in [0.1, 0.15) is 19.3 Å². The maximum Gasteiger partial charge on any atom is 0.410 e. The monoisotopic (exact) mass is 524 g/mol. The average molecular weight is 524 g/mol. The molecule has 33 heavy (non-hydrogen) atoms. The Morgan fingerprint density at radius 3 is 1.39 bits per heavy atom.